The summed E-state index contributed by atoms with van der Waals surface area (Å²) in [6.45, 7) is 6.66. The van der Waals surface area contributed by atoms with Crippen LogP contribution in [0.3, 0.4) is 0 Å². The highest BCUT2D eigenvalue weighted by molar-refractivity contribution is 5.66. The molecule has 0 aromatic heterocycles. The Bertz CT molecular complexity index is 921. The van der Waals surface area contributed by atoms with Crippen LogP contribution in [-0.4, -0.2) is 34.7 Å². The fourth-order valence-electron chi connectivity index (χ4n) is 4.34. The van der Waals surface area contributed by atoms with E-state index in [0.717, 1.165) is 17.7 Å². The molecule has 1 aliphatic heterocycles. The van der Waals surface area contributed by atoms with E-state index in [9.17, 15) is 27.5 Å². The van der Waals surface area contributed by atoms with Gasteiger partial charge in [-0.25, -0.2) is 9.18 Å². The summed E-state index contributed by atoms with van der Waals surface area (Å²) in [5.41, 5.74) is 0.401. The molecule has 3 rings (SSSR count). The van der Waals surface area contributed by atoms with Crippen LogP contribution in [0.25, 0.3) is 0 Å². The van der Waals surface area contributed by atoms with Gasteiger partial charge in [-0.1, -0.05) is 32.9 Å². The molecule has 0 radical (unpaired) electrons. The van der Waals surface area contributed by atoms with Gasteiger partial charge in [-0.15, -0.1) is 0 Å². The minimum atomic E-state index is -4.43. The molecule has 1 amide bonds. The minimum Gasteiger partial charge on any atom is -0.465 e. The average molecular weight is 452 g/mol. The van der Waals surface area contributed by atoms with Crippen LogP contribution in [0, 0.1) is 11.2 Å². The van der Waals surface area contributed by atoms with E-state index in [0.29, 0.717) is 31.6 Å². The lowest BCUT2D eigenvalue weighted by Gasteiger charge is -2.48. The Hall–Kier alpha value is -2.77. The van der Waals surface area contributed by atoms with E-state index in [-0.39, 0.29) is 23.3 Å². The zero-order valence-corrected chi connectivity index (χ0v) is 18.4. The summed E-state index contributed by atoms with van der Waals surface area (Å²) in [6.07, 6.45) is -4.31. The number of anilines is 1. The molecule has 0 bridgehead atoms. The fraction of sp³-hybridized carbons (Fsp3) is 0.458. The smallest absolute Gasteiger partial charge is 0.416 e. The first-order valence-electron chi connectivity index (χ1n) is 10.5. The first-order valence-corrected chi connectivity index (χ1v) is 10.5. The van der Waals surface area contributed by atoms with Crippen molar-refractivity contribution < 1.29 is 27.5 Å². The lowest BCUT2D eigenvalue weighted by Crippen LogP contribution is -2.56. The maximum Gasteiger partial charge on any atom is 0.416 e. The third-order valence-corrected chi connectivity index (χ3v) is 6.05. The number of halogens is 4. The van der Waals surface area contributed by atoms with Gasteiger partial charge in [0.2, 0.25) is 0 Å². The highest BCUT2D eigenvalue weighted by atomic mass is 19.4. The summed E-state index contributed by atoms with van der Waals surface area (Å²) in [7, 11) is 0. The lowest BCUT2D eigenvalue weighted by atomic mass is 9.78. The number of hydrogen-bond acceptors (Lipinski definition) is 2. The highest BCUT2D eigenvalue weighted by Crippen LogP contribution is 2.37. The minimum absolute atomic E-state index is 0.0865. The van der Waals surface area contributed by atoms with Crippen molar-refractivity contribution in [1.82, 2.24) is 4.90 Å². The van der Waals surface area contributed by atoms with Crippen LogP contribution in [0.5, 0.6) is 0 Å². The van der Waals surface area contributed by atoms with E-state index >= 15 is 0 Å². The van der Waals surface area contributed by atoms with Crippen LogP contribution in [-0.2, 0) is 12.7 Å². The molecule has 2 unspecified atom stereocenters. The molecule has 1 fully saturated rings. The molecule has 2 aromatic rings. The van der Waals surface area contributed by atoms with E-state index in [2.05, 4.69) is 0 Å². The number of hydrogen-bond donors (Lipinski definition) is 1. The van der Waals surface area contributed by atoms with Gasteiger partial charge in [0.15, 0.2) is 0 Å². The molecule has 1 aliphatic rings. The number of piperidine rings is 1. The van der Waals surface area contributed by atoms with Crippen molar-refractivity contribution in [3.05, 3.63) is 65.5 Å². The summed E-state index contributed by atoms with van der Waals surface area (Å²) in [6, 6.07) is 10.7. The van der Waals surface area contributed by atoms with Gasteiger partial charge in [0.1, 0.15) is 5.82 Å². The second-order valence-corrected chi connectivity index (χ2v) is 9.33. The molecule has 174 valence electrons. The highest BCUT2D eigenvalue weighted by Gasteiger charge is 2.40. The number of carbonyl (C=O) groups is 1. The van der Waals surface area contributed by atoms with Gasteiger partial charge in [-0.3, -0.25) is 0 Å². The van der Waals surface area contributed by atoms with E-state index in [4.69, 9.17) is 0 Å². The number of nitrogens with zero attached hydrogens (tertiary/aromatic N) is 2. The van der Waals surface area contributed by atoms with Gasteiger partial charge < -0.3 is 14.9 Å². The van der Waals surface area contributed by atoms with E-state index in [1.807, 2.05) is 25.7 Å². The van der Waals surface area contributed by atoms with Crippen LogP contribution in [0.4, 0.5) is 28.0 Å². The van der Waals surface area contributed by atoms with Crippen molar-refractivity contribution >= 4 is 11.8 Å². The van der Waals surface area contributed by atoms with Gasteiger partial charge in [0.25, 0.3) is 0 Å². The largest absolute Gasteiger partial charge is 0.465 e. The first-order chi connectivity index (χ1) is 14.9. The summed E-state index contributed by atoms with van der Waals surface area (Å²) in [5.74, 6) is -0.364. The predicted octanol–water partition coefficient (Wildman–Crippen LogP) is 6.41. The summed E-state index contributed by atoms with van der Waals surface area (Å²) < 4.78 is 52.5. The van der Waals surface area contributed by atoms with Crippen LogP contribution < -0.4 is 4.90 Å². The summed E-state index contributed by atoms with van der Waals surface area (Å²) in [4.78, 5) is 15.2. The molecule has 4 nitrogen and oxygen atoms in total. The zero-order valence-electron chi connectivity index (χ0n) is 18.4. The molecule has 0 aliphatic carbocycles. The number of alkyl halides is 3. The van der Waals surface area contributed by atoms with E-state index in [1.165, 1.54) is 29.2 Å². The molecule has 32 heavy (non-hydrogen) atoms. The second-order valence-electron chi connectivity index (χ2n) is 9.33. The number of carboxylic acid groups (broad SMARTS) is 1. The molecule has 8 heteroatoms. The number of rotatable bonds is 4. The molecular weight excluding hydrogens is 424 g/mol. The standard InChI is InChI=1S/C24H28F4N2O2/c1-23(2,3)21-14-20(12-13-29(21)22(31)32)30(15-16-4-8-18(25)9-5-16)19-10-6-17(7-11-19)24(26,27)28/h4-11,20-21H,12-15H2,1-3H3,(H,31,32). The van der Waals surface area contributed by atoms with Crippen molar-refractivity contribution in [3.63, 3.8) is 0 Å². The predicted molar refractivity (Wildman–Crippen MR) is 115 cm³/mol. The molecule has 0 spiro atoms. The third kappa shape index (κ3) is 5.53. The Morgan fingerprint density at radius 1 is 1.06 bits per heavy atom. The Morgan fingerprint density at radius 2 is 1.66 bits per heavy atom. The summed E-state index contributed by atoms with van der Waals surface area (Å²) >= 11 is 0. The topological polar surface area (TPSA) is 43.8 Å². The van der Waals surface area contributed by atoms with Crippen LogP contribution in [0.2, 0.25) is 0 Å². The molecular formula is C24H28F4N2O2. The fourth-order valence-corrected chi connectivity index (χ4v) is 4.34. The van der Waals surface area contributed by atoms with Crippen molar-refractivity contribution in [3.8, 4) is 0 Å². The normalized spacial score (nSPS) is 19.7. The maximum absolute atomic E-state index is 13.4. The number of likely N-dealkylation sites (tertiary alicyclic amines) is 1. The van der Waals surface area contributed by atoms with Crippen molar-refractivity contribution in [1.29, 1.82) is 0 Å². The Kier molecular flexibility index (Phi) is 6.72. The average Bonchev–Trinajstić information content (AvgIpc) is 2.72. The van der Waals surface area contributed by atoms with E-state index < -0.39 is 17.8 Å². The summed E-state index contributed by atoms with van der Waals surface area (Å²) in [5, 5.41) is 9.65. The van der Waals surface area contributed by atoms with Gasteiger partial charge in [0, 0.05) is 30.9 Å². The van der Waals surface area contributed by atoms with Crippen molar-refractivity contribution in [2.75, 3.05) is 11.4 Å². The van der Waals surface area contributed by atoms with Crippen LogP contribution in [0.15, 0.2) is 48.5 Å². The quantitative estimate of drug-likeness (QED) is 0.546. The Balaban J connectivity index is 1.94. The van der Waals surface area contributed by atoms with Gasteiger partial charge in [-0.05, 0) is 60.2 Å². The van der Waals surface area contributed by atoms with Gasteiger partial charge >= 0.3 is 12.3 Å². The Labute approximate surface area is 185 Å². The van der Waals surface area contributed by atoms with Crippen LogP contribution >= 0.6 is 0 Å². The number of benzene rings is 2. The van der Waals surface area contributed by atoms with Crippen molar-refractivity contribution in [2.45, 2.75) is 58.4 Å². The molecule has 2 atom stereocenters. The van der Waals surface area contributed by atoms with Crippen LogP contribution in [0.1, 0.15) is 44.7 Å². The van der Waals surface area contributed by atoms with E-state index in [1.54, 1.807) is 12.1 Å². The first kappa shape index (κ1) is 23.9. The molecule has 2 aromatic carbocycles. The molecule has 1 saturated heterocycles. The Morgan fingerprint density at radius 3 is 2.16 bits per heavy atom. The number of amides is 1. The molecule has 0 saturated carbocycles. The second kappa shape index (κ2) is 9.00. The lowest BCUT2D eigenvalue weighted by molar-refractivity contribution is -0.137. The SMILES string of the molecule is CC(C)(C)C1CC(N(Cc2ccc(F)cc2)c2ccc(C(F)(F)F)cc2)CCN1C(=O)O. The third-order valence-electron chi connectivity index (χ3n) is 6.05. The van der Waals surface area contributed by atoms with Gasteiger partial charge in [-0.2, -0.15) is 13.2 Å². The molecule has 1 heterocycles. The molecule has 1 N–H and O–H groups in total. The maximum atomic E-state index is 13.4. The monoisotopic (exact) mass is 452 g/mol. The van der Waals surface area contributed by atoms with Gasteiger partial charge in [0.05, 0.1) is 5.56 Å². The van der Waals surface area contributed by atoms with Crippen molar-refractivity contribution in [2.24, 2.45) is 5.41 Å². The zero-order chi connectivity index (χ0) is 23.7.